The van der Waals surface area contributed by atoms with Crippen LogP contribution in [-0.4, -0.2) is 40.9 Å². The number of aliphatic hydroxyl groups is 1. The van der Waals surface area contributed by atoms with Gasteiger partial charge in [0, 0.05) is 30.3 Å². The Morgan fingerprint density at radius 1 is 1.20 bits per heavy atom. The normalized spacial score (nSPS) is 22.6. The molecule has 1 N–H and O–H groups in total. The van der Waals surface area contributed by atoms with Crippen LogP contribution in [0.25, 0.3) is 0 Å². The number of carbonyl (C=O) groups is 2. The molecule has 1 aliphatic rings. The molecule has 0 aromatic heterocycles. The molecule has 0 bridgehead atoms. The first-order valence-electron chi connectivity index (χ1n) is 7.05. The van der Waals surface area contributed by atoms with Gasteiger partial charge >= 0.3 is 0 Å². The van der Waals surface area contributed by atoms with Gasteiger partial charge in [0.15, 0.2) is 5.78 Å². The third-order valence-electron chi connectivity index (χ3n) is 4.04. The van der Waals surface area contributed by atoms with Crippen LogP contribution in [0.1, 0.15) is 47.4 Å². The number of ketones is 1. The van der Waals surface area contributed by atoms with Crippen molar-refractivity contribution in [2.75, 3.05) is 13.2 Å². The minimum atomic E-state index is -0.0225. The molecule has 1 fully saturated rings. The highest BCUT2D eigenvalue weighted by Gasteiger charge is 2.29. The number of benzene rings is 1. The molecule has 0 spiro atoms. The Morgan fingerprint density at radius 3 is 2.35 bits per heavy atom. The molecule has 0 aliphatic carbocycles. The Kier molecular flexibility index (Phi) is 4.55. The van der Waals surface area contributed by atoms with Crippen molar-refractivity contribution >= 4 is 11.7 Å². The molecule has 0 radical (unpaired) electrons. The third-order valence-corrected chi connectivity index (χ3v) is 4.04. The maximum absolute atomic E-state index is 12.5. The molecule has 4 nitrogen and oxygen atoms in total. The summed E-state index contributed by atoms with van der Waals surface area (Å²) >= 11 is 0. The standard InChI is InChI=1S/C16H21NO3/c1-11-3-4-13(10-18)9-17(11)16(20)15-7-5-14(6-8-15)12(2)19/h5-8,11,13,18H,3-4,9-10H2,1-2H3. The van der Waals surface area contributed by atoms with Crippen molar-refractivity contribution in [1.82, 2.24) is 4.90 Å². The van der Waals surface area contributed by atoms with E-state index in [1.54, 1.807) is 24.3 Å². The lowest BCUT2D eigenvalue weighted by molar-refractivity contribution is 0.0488. The van der Waals surface area contributed by atoms with E-state index in [4.69, 9.17) is 0 Å². The average molecular weight is 275 g/mol. The number of nitrogens with zero attached hydrogens (tertiary/aromatic N) is 1. The van der Waals surface area contributed by atoms with E-state index in [1.165, 1.54) is 6.92 Å². The monoisotopic (exact) mass is 275 g/mol. The molecule has 20 heavy (non-hydrogen) atoms. The van der Waals surface area contributed by atoms with Crippen molar-refractivity contribution in [3.63, 3.8) is 0 Å². The van der Waals surface area contributed by atoms with Crippen LogP contribution in [0, 0.1) is 5.92 Å². The molecular formula is C16H21NO3. The van der Waals surface area contributed by atoms with Gasteiger partial charge in [-0.2, -0.15) is 0 Å². The van der Waals surface area contributed by atoms with Crippen molar-refractivity contribution in [3.8, 4) is 0 Å². The van der Waals surface area contributed by atoms with Crippen LogP contribution in [0.3, 0.4) is 0 Å². The van der Waals surface area contributed by atoms with Crippen molar-refractivity contribution in [2.45, 2.75) is 32.7 Å². The summed E-state index contributed by atoms with van der Waals surface area (Å²) in [6, 6.07) is 6.97. The molecule has 1 saturated heterocycles. The second-order valence-electron chi connectivity index (χ2n) is 5.57. The zero-order valence-electron chi connectivity index (χ0n) is 12.0. The molecule has 1 heterocycles. The maximum Gasteiger partial charge on any atom is 0.254 e. The summed E-state index contributed by atoms with van der Waals surface area (Å²) in [4.78, 5) is 25.6. The molecule has 108 valence electrons. The Hall–Kier alpha value is -1.68. The van der Waals surface area contributed by atoms with Gasteiger partial charge in [0.2, 0.25) is 0 Å². The smallest absolute Gasteiger partial charge is 0.254 e. The first kappa shape index (κ1) is 14.7. The minimum Gasteiger partial charge on any atom is -0.396 e. The van der Waals surface area contributed by atoms with Crippen LogP contribution in [0.2, 0.25) is 0 Å². The molecule has 1 aliphatic heterocycles. The Morgan fingerprint density at radius 2 is 1.80 bits per heavy atom. The van der Waals surface area contributed by atoms with E-state index >= 15 is 0 Å². The van der Waals surface area contributed by atoms with Gasteiger partial charge in [-0.15, -0.1) is 0 Å². The molecular weight excluding hydrogens is 254 g/mol. The number of likely N-dealkylation sites (tertiary alicyclic amines) is 1. The fourth-order valence-electron chi connectivity index (χ4n) is 2.63. The van der Waals surface area contributed by atoms with Gasteiger partial charge in [0.05, 0.1) is 0 Å². The summed E-state index contributed by atoms with van der Waals surface area (Å²) < 4.78 is 0. The van der Waals surface area contributed by atoms with Crippen LogP contribution in [0.4, 0.5) is 0 Å². The van der Waals surface area contributed by atoms with Gasteiger partial charge in [-0.3, -0.25) is 9.59 Å². The van der Waals surface area contributed by atoms with E-state index in [9.17, 15) is 14.7 Å². The number of rotatable bonds is 3. The molecule has 2 atom stereocenters. The van der Waals surface area contributed by atoms with E-state index in [-0.39, 0.29) is 30.3 Å². The van der Waals surface area contributed by atoms with Crippen LogP contribution < -0.4 is 0 Å². The Balaban J connectivity index is 2.15. The summed E-state index contributed by atoms with van der Waals surface area (Å²) in [5.74, 6) is 0.146. The van der Waals surface area contributed by atoms with Crippen molar-refractivity contribution < 1.29 is 14.7 Å². The number of hydrogen-bond donors (Lipinski definition) is 1. The predicted octanol–water partition coefficient (Wildman–Crippen LogP) is 2.12. The van der Waals surface area contributed by atoms with Gasteiger partial charge in [-0.25, -0.2) is 0 Å². The fourth-order valence-corrected chi connectivity index (χ4v) is 2.63. The summed E-state index contributed by atoms with van der Waals surface area (Å²) in [5.41, 5.74) is 1.21. The van der Waals surface area contributed by atoms with Crippen molar-refractivity contribution in [2.24, 2.45) is 5.92 Å². The number of Topliss-reactive ketones (excluding diaryl/α,β-unsaturated/α-hetero) is 1. The summed E-state index contributed by atoms with van der Waals surface area (Å²) in [5, 5.41) is 9.27. The van der Waals surface area contributed by atoms with Gasteiger partial charge in [-0.05, 0) is 44.7 Å². The van der Waals surface area contributed by atoms with Gasteiger partial charge < -0.3 is 10.0 Å². The van der Waals surface area contributed by atoms with E-state index < -0.39 is 0 Å². The van der Waals surface area contributed by atoms with Crippen molar-refractivity contribution in [1.29, 1.82) is 0 Å². The topological polar surface area (TPSA) is 57.6 Å². The molecule has 1 aromatic carbocycles. The third kappa shape index (κ3) is 3.07. The zero-order valence-corrected chi connectivity index (χ0v) is 12.0. The second-order valence-corrected chi connectivity index (χ2v) is 5.57. The molecule has 2 unspecified atom stereocenters. The van der Waals surface area contributed by atoms with Crippen LogP contribution in [-0.2, 0) is 0 Å². The lowest BCUT2D eigenvalue weighted by atomic mass is 9.93. The van der Waals surface area contributed by atoms with Crippen LogP contribution >= 0.6 is 0 Å². The number of amides is 1. The van der Waals surface area contributed by atoms with E-state index in [1.807, 2.05) is 11.8 Å². The Labute approximate surface area is 119 Å². The largest absolute Gasteiger partial charge is 0.396 e. The van der Waals surface area contributed by atoms with E-state index in [2.05, 4.69) is 0 Å². The average Bonchev–Trinajstić information content (AvgIpc) is 2.47. The first-order valence-corrected chi connectivity index (χ1v) is 7.05. The van der Waals surface area contributed by atoms with Crippen LogP contribution in [0.15, 0.2) is 24.3 Å². The van der Waals surface area contributed by atoms with Gasteiger partial charge in [-0.1, -0.05) is 12.1 Å². The Bertz CT molecular complexity index is 495. The van der Waals surface area contributed by atoms with Gasteiger partial charge in [0.1, 0.15) is 0 Å². The maximum atomic E-state index is 12.5. The predicted molar refractivity (Wildman–Crippen MR) is 76.8 cm³/mol. The first-order chi connectivity index (χ1) is 9.52. The highest BCUT2D eigenvalue weighted by molar-refractivity contribution is 5.97. The number of aliphatic hydroxyl groups excluding tert-OH is 1. The lowest BCUT2D eigenvalue weighted by Gasteiger charge is -2.37. The highest BCUT2D eigenvalue weighted by Crippen LogP contribution is 2.23. The molecule has 1 aromatic rings. The molecule has 2 rings (SSSR count). The number of hydrogen-bond acceptors (Lipinski definition) is 3. The van der Waals surface area contributed by atoms with Gasteiger partial charge in [0.25, 0.3) is 5.91 Å². The van der Waals surface area contributed by atoms with Crippen LogP contribution in [0.5, 0.6) is 0 Å². The minimum absolute atomic E-state index is 0.00400. The van der Waals surface area contributed by atoms with Crippen molar-refractivity contribution in [3.05, 3.63) is 35.4 Å². The summed E-state index contributed by atoms with van der Waals surface area (Å²) in [6.45, 7) is 4.27. The summed E-state index contributed by atoms with van der Waals surface area (Å²) in [6.07, 6.45) is 1.88. The lowest BCUT2D eigenvalue weighted by Crippen LogP contribution is -2.46. The summed E-state index contributed by atoms with van der Waals surface area (Å²) in [7, 11) is 0. The SMILES string of the molecule is CC(=O)c1ccc(C(=O)N2CC(CO)CCC2C)cc1. The van der Waals surface area contributed by atoms with E-state index in [0.717, 1.165) is 12.8 Å². The fraction of sp³-hybridized carbons (Fsp3) is 0.500. The quantitative estimate of drug-likeness (QED) is 0.860. The molecule has 1 amide bonds. The van der Waals surface area contributed by atoms with E-state index in [0.29, 0.717) is 17.7 Å². The number of piperidine rings is 1. The zero-order chi connectivity index (χ0) is 14.7. The highest BCUT2D eigenvalue weighted by atomic mass is 16.3. The number of carbonyl (C=O) groups excluding carboxylic acids is 2. The molecule has 4 heteroatoms. The second kappa shape index (κ2) is 6.18. The molecule has 0 saturated carbocycles.